The van der Waals surface area contributed by atoms with Gasteiger partial charge < -0.3 is 10.1 Å². The van der Waals surface area contributed by atoms with Crippen LogP contribution < -0.4 is 10.1 Å². The van der Waals surface area contributed by atoms with Crippen LogP contribution in [0.15, 0.2) is 39.3 Å². The van der Waals surface area contributed by atoms with Crippen molar-refractivity contribution in [3.8, 4) is 11.5 Å². The minimum atomic E-state index is -1.01. The van der Waals surface area contributed by atoms with Crippen molar-refractivity contribution in [3.05, 3.63) is 56.5 Å². The zero-order valence-corrected chi connectivity index (χ0v) is 13.7. The Hall–Kier alpha value is -0.980. The van der Waals surface area contributed by atoms with Crippen molar-refractivity contribution in [2.45, 2.75) is 6.54 Å². The first kappa shape index (κ1) is 15.4. The summed E-state index contributed by atoms with van der Waals surface area (Å²) in [6.07, 6.45) is 0. The zero-order valence-electron chi connectivity index (χ0n) is 10.5. The Morgan fingerprint density at radius 2 is 1.75 bits per heavy atom. The second-order valence-corrected chi connectivity index (χ2v) is 5.92. The van der Waals surface area contributed by atoms with Crippen LogP contribution in [-0.2, 0) is 6.54 Å². The first-order valence-electron chi connectivity index (χ1n) is 5.76. The number of benzene rings is 2. The minimum absolute atomic E-state index is 0.160. The van der Waals surface area contributed by atoms with Gasteiger partial charge in [-0.05, 0) is 31.3 Å². The molecule has 20 heavy (non-hydrogen) atoms. The molecule has 0 aliphatic carbocycles. The second kappa shape index (κ2) is 6.65. The van der Waals surface area contributed by atoms with Crippen LogP contribution in [0.2, 0.25) is 0 Å². The van der Waals surface area contributed by atoms with Crippen LogP contribution >= 0.6 is 31.9 Å². The Morgan fingerprint density at radius 3 is 2.45 bits per heavy atom. The molecule has 0 amide bonds. The van der Waals surface area contributed by atoms with E-state index in [1.807, 2.05) is 12.1 Å². The van der Waals surface area contributed by atoms with Crippen molar-refractivity contribution < 1.29 is 13.5 Å². The van der Waals surface area contributed by atoms with E-state index in [-0.39, 0.29) is 5.75 Å². The van der Waals surface area contributed by atoms with Crippen LogP contribution in [0.4, 0.5) is 8.78 Å². The second-order valence-electron chi connectivity index (χ2n) is 4.08. The number of hydrogen-bond acceptors (Lipinski definition) is 2. The van der Waals surface area contributed by atoms with Crippen LogP contribution in [0.1, 0.15) is 5.56 Å². The van der Waals surface area contributed by atoms with E-state index in [1.165, 1.54) is 6.07 Å². The summed E-state index contributed by atoms with van der Waals surface area (Å²) < 4.78 is 33.8. The number of nitrogens with one attached hydrogen (secondary N) is 1. The maximum absolute atomic E-state index is 13.7. The third-order valence-electron chi connectivity index (χ3n) is 2.58. The summed E-state index contributed by atoms with van der Waals surface area (Å²) in [4.78, 5) is 0. The van der Waals surface area contributed by atoms with Gasteiger partial charge in [-0.25, -0.2) is 4.39 Å². The Morgan fingerprint density at radius 1 is 1.05 bits per heavy atom. The average molecular weight is 407 g/mol. The molecule has 0 radical (unpaired) electrons. The Labute approximate surface area is 132 Å². The zero-order chi connectivity index (χ0) is 14.7. The van der Waals surface area contributed by atoms with Gasteiger partial charge in [-0.2, -0.15) is 4.39 Å². The third kappa shape index (κ3) is 3.56. The topological polar surface area (TPSA) is 21.3 Å². The summed E-state index contributed by atoms with van der Waals surface area (Å²) in [5.41, 5.74) is 0.843. The van der Waals surface area contributed by atoms with E-state index in [2.05, 4.69) is 37.2 Å². The van der Waals surface area contributed by atoms with Gasteiger partial charge in [0.25, 0.3) is 0 Å². The van der Waals surface area contributed by atoms with Crippen molar-refractivity contribution in [1.82, 2.24) is 5.32 Å². The molecular weight excluding hydrogens is 396 g/mol. The molecule has 0 fully saturated rings. The van der Waals surface area contributed by atoms with E-state index in [1.54, 1.807) is 13.1 Å². The van der Waals surface area contributed by atoms with E-state index >= 15 is 0 Å². The molecule has 2 aromatic rings. The Bertz CT molecular complexity index is 635. The number of rotatable bonds is 4. The standard InChI is InChI=1S/C14H11Br2F2NO/c1-19-7-8-2-3-9(15)5-12(8)20-13-6-10(16)4-11(17)14(13)18/h2-6,19H,7H2,1H3. The highest BCUT2D eigenvalue weighted by atomic mass is 79.9. The summed E-state index contributed by atoms with van der Waals surface area (Å²) in [6.45, 7) is 0.556. The van der Waals surface area contributed by atoms with Gasteiger partial charge in [0.15, 0.2) is 11.6 Å². The molecule has 106 valence electrons. The number of ether oxygens (including phenoxy) is 1. The smallest absolute Gasteiger partial charge is 0.201 e. The molecule has 0 unspecified atom stereocenters. The molecule has 1 N–H and O–H groups in total. The summed E-state index contributed by atoms with van der Waals surface area (Å²) in [5, 5.41) is 2.99. The average Bonchev–Trinajstić information content (AvgIpc) is 2.38. The van der Waals surface area contributed by atoms with Gasteiger partial charge in [0.1, 0.15) is 5.75 Å². The third-order valence-corrected chi connectivity index (χ3v) is 3.53. The molecule has 0 aromatic heterocycles. The first-order valence-corrected chi connectivity index (χ1v) is 7.35. The van der Waals surface area contributed by atoms with Gasteiger partial charge in [0, 0.05) is 21.1 Å². The molecule has 0 saturated heterocycles. The molecule has 2 nitrogen and oxygen atoms in total. The van der Waals surface area contributed by atoms with Crippen LogP contribution in [0, 0.1) is 11.6 Å². The van der Waals surface area contributed by atoms with E-state index in [9.17, 15) is 8.78 Å². The first-order chi connectivity index (χ1) is 9.51. The summed E-state index contributed by atoms with van der Waals surface area (Å²) in [7, 11) is 1.80. The Balaban J connectivity index is 2.41. The molecule has 0 atom stereocenters. The lowest BCUT2D eigenvalue weighted by molar-refractivity contribution is 0.411. The fourth-order valence-corrected chi connectivity index (χ4v) is 2.43. The molecule has 0 aliphatic heterocycles. The SMILES string of the molecule is CNCc1ccc(Br)cc1Oc1cc(Br)cc(F)c1F. The van der Waals surface area contributed by atoms with Crippen LogP contribution in [0.5, 0.6) is 11.5 Å². The van der Waals surface area contributed by atoms with Gasteiger partial charge in [0.2, 0.25) is 5.82 Å². The quantitative estimate of drug-likeness (QED) is 0.721. The van der Waals surface area contributed by atoms with E-state index < -0.39 is 11.6 Å². The van der Waals surface area contributed by atoms with Crippen LogP contribution in [0.25, 0.3) is 0 Å². The molecular formula is C14H11Br2F2NO. The summed E-state index contributed by atoms with van der Waals surface area (Å²) >= 11 is 6.45. The van der Waals surface area contributed by atoms with Gasteiger partial charge >= 0.3 is 0 Å². The van der Waals surface area contributed by atoms with E-state index in [4.69, 9.17) is 4.74 Å². The van der Waals surface area contributed by atoms with Gasteiger partial charge in [0.05, 0.1) is 0 Å². The summed E-state index contributed by atoms with van der Waals surface area (Å²) in [5.74, 6) is -1.67. The minimum Gasteiger partial charge on any atom is -0.454 e. The lowest BCUT2D eigenvalue weighted by Gasteiger charge is -2.12. The van der Waals surface area contributed by atoms with Crippen LogP contribution in [0.3, 0.4) is 0 Å². The highest BCUT2D eigenvalue weighted by Crippen LogP contribution is 2.33. The van der Waals surface area contributed by atoms with Gasteiger partial charge in [-0.15, -0.1) is 0 Å². The largest absolute Gasteiger partial charge is 0.454 e. The molecule has 2 rings (SSSR count). The van der Waals surface area contributed by atoms with E-state index in [0.717, 1.165) is 16.1 Å². The van der Waals surface area contributed by atoms with Crippen molar-refractivity contribution >= 4 is 31.9 Å². The predicted molar refractivity (Wildman–Crippen MR) is 81.0 cm³/mol. The molecule has 0 saturated carbocycles. The van der Waals surface area contributed by atoms with Crippen molar-refractivity contribution in [1.29, 1.82) is 0 Å². The van der Waals surface area contributed by atoms with Crippen molar-refractivity contribution in [2.24, 2.45) is 0 Å². The molecule has 6 heteroatoms. The van der Waals surface area contributed by atoms with Crippen molar-refractivity contribution in [2.75, 3.05) is 7.05 Å². The van der Waals surface area contributed by atoms with Crippen molar-refractivity contribution in [3.63, 3.8) is 0 Å². The molecule has 0 aliphatic rings. The maximum Gasteiger partial charge on any atom is 0.201 e. The molecule has 0 heterocycles. The maximum atomic E-state index is 13.7. The fraction of sp³-hybridized carbons (Fsp3) is 0.143. The monoisotopic (exact) mass is 405 g/mol. The predicted octanol–water partition coefficient (Wildman–Crippen LogP) is 5.00. The lowest BCUT2D eigenvalue weighted by atomic mass is 10.2. The molecule has 0 spiro atoms. The van der Waals surface area contributed by atoms with Gasteiger partial charge in [-0.3, -0.25) is 0 Å². The lowest BCUT2D eigenvalue weighted by Crippen LogP contribution is -2.06. The molecule has 2 aromatic carbocycles. The van der Waals surface area contributed by atoms with E-state index in [0.29, 0.717) is 16.8 Å². The van der Waals surface area contributed by atoms with Gasteiger partial charge in [-0.1, -0.05) is 37.9 Å². The van der Waals surface area contributed by atoms with Crippen LogP contribution in [-0.4, -0.2) is 7.05 Å². The number of halogens is 4. The highest BCUT2D eigenvalue weighted by Gasteiger charge is 2.14. The highest BCUT2D eigenvalue weighted by molar-refractivity contribution is 9.10. The number of hydrogen-bond donors (Lipinski definition) is 1. The summed E-state index contributed by atoms with van der Waals surface area (Å²) in [6, 6.07) is 7.87. The normalized spacial score (nSPS) is 10.7. The fourth-order valence-electron chi connectivity index (χ4n) is 1.68. The molecule has 0 bridgehead atoms. The Kier molecular flexibility index (Phi) is 5.12.